The van der Waals surface area contributed by atoms with E-state index in [1.807, 2.05) is 18.2 Å². The molecule has 3 heterocycles. The van der Waals surface area contributed by atoms with Crippen molar-refractivity contribution >= 4 is 57.1 Å². The highest BCUT2D eigenvalue weighted by Crippen LogP contribution is 2.40. The van der Waals surface area contributed by atoms with Crippen molar-refractivity contribution in [2.24, 2.45) is 0 Å². The third-order valence-corrected chi connectivity index (χ3v) is 8.03. The number of carbonyl (C=O) groups is 1. The zero-order chi connectivity index (χ0) is 31.9. The van der Waals surface area contributed by atoms with E-state index in [1.54, 1.807) is 67.0 Å². The van der Waals surface area contributed by atoms with E-state index in [9.17, 15) is 10.1 Å². The van der Waals surface area contributed by atoms with Crippen molar-refractivity contribution in [3.8, 4) is 23.3 Å². The molecule has 2 aromatic heterocycles. The maximum Gasteiger partial charge on any atom is 0.248 e. The minimum Gasteiger partial charge on any atom is -0.487 e. The van der Waals surface area contributed by atoms with Crippen LogP contribution in [0.25, 0.3) is 10.9 Å². The molecule has 0 atom stereocenters. The van der Waals surface area contributed by atoms with E-state index >= 15 is 0 Å². The van der Waals surface area contributed by atoms with Gasteiger partial charge in [0.25, 0.3) is 0 Å². The Morgan fingerprint density at radius 2 is 1.76 bits per heavy atom. The van der Waals surface area contributed by atoms with Gasteiger partial charge in [0.1, 0.15) is 29.9 Å². The summed E-state index contributed by atoms with van der Waals surface area (Å²) >= 11 is 12.9. The van der Waals surface area contributed by atoms with Crippen molar-refractivity contribution in [3.05, 3.63) is 118 Å². The number of benzene rings is 3. The summed E-state index contributed by atoms with van der Waals surface area (Å²) in [5.41, 5.74) is 4.14. The average Bonchev–Trinajstić information content (AvgIpc) is 3.07. The van der Waals surface area contributed by atoms with Gasteiger partial charge >= 0.3 is 0 Å². The summed E-state index contributed by atoms with van der Waals surface area (Å²) < 4.78 is 12.1. The number of anilines is 3. The topological polar surface area (TPSA) is 121 Å². The molecule has 0 saturated carbocycles. The summed E-state index contributed by atoms with van der Waals surface area (Å²) in [6.07, 6.45) is 7.93. The van der Waals surface area contributed by atoms with Crippen LogP contribution in [0, 0.1) is 11.3 Å². The molecule has 0 radical (unpaired) electrons. The number of pyridine rings is 2. The molecule has 1 fully saturated rings. The maximum atomic E-state index is 13.3. The van der Waals surface area contributed by atoms with Gasteiger partial charge in [-0.25, -0.2) is 0 Å². The van der Waals surface area contributed by atoms with E-state index in [2.05, 4.69) is 32.0 Å². The van der Waals surface area contributed by atoms with Gasteiger partial charge in [0, 0.05) is 46.3 Å². The quantitative estimate of drug-likeness (QED) is 0.137. The number of carbonyl (C=O) groups excluding carboxylic acids is 1. The summed E-state index contributed by atoms with van der Waals surface area (Å²) in [5, 5.41) is 21.2. The number of nitriles is 1. The second-order valence-corrected chi connectivity index (χ2v) is 11.3. The monoisotopic (exact) mass is 650 g/mol. The van der Waals surface area contributed by atoms with Crippen molar-refractivity contribution in [2.45, 2.75) is 19.4 Å². The first-order valence-corrected chi connectivity index (χ1v) is 15.3. The summed E-state index contributed by atoms with van der Waals surface area (Å²) in [6, 6.07) is 21.9. The lowest BCUT2D eigenvalue weighted by Gasteiger charge is -2.18. The molecule has 1 aliphatic heterocycles. The van der Waals surface area contributed by atoms with Gasteiger partial charge in [-0.2, -0.15) is 5.26 Å². The fourth-order valence-electron chi connectivity index (χ4n) is 5.05. The van der Waals surface area contributed by atoms with Crippen LogP contribution >= 0.6 is 23.2 Å². The van der Waals surface area contributed by atoms with Gasteiger partial charge in [-0.05, 0) is 74.5 Å². The highest BCUT2D eigenvalue weighted by atomic mass is 35.5. The van der Waals surface area contributed by atoms with E-state index in [-0.39, 0.29) is 12.5 Å². The Bertz CT molecular complexity index is 1970. The molecule has 3 N–H and O–H groups in total. The van der Waals surface area contributed by atoms with Crippen molar-refractivity contribution in [3.63, 3.8) is 0 Å². The molecule has 230 valence electrons. The molecule has 1 amide bonds. The normalized spacial score (nSPS) is 12.7. The summed E-state index contributed by atoms with van der Waals surface area (Å²) in [4.78, 5) is 21.9. The first-order valence-electron chi connectivity index (χ1n) is 14.6. The lowest BCUT2D eigenvalue weighted by atomic mass is 10.0. The van der Waals surface area contributed by atoms with Gasteiger partial charge < -0.3 is 25.4 Å². The zero-order valence-electron chi connectivity index (χ0n) is 24.5. The third kappa shape index (κ3) is 7.22. The minimum absolute atomic E-state index is 0.256. The molecule has 3 aromatic carbocycles. The number of ether oxygens (including phenoxy) is 2. The Labute approximate surface area is 275 Å². The van der Waals surface area contributed by atoms with Crippen molar-refractivity contribution < 1.29 is 14.3 Å². The molecule has 9 nitrogen and oxygen atoms in total. The summed E-state index contributed by atoms with van der Waals surface area (Å²) in [6.45, 7) is 1.91. The van der Waals surface area contributed by atoms with Gasteiger partial charge in [0.05, 0.1) is 21.8 Å². The molecule has 0 spiro atoms. The largest absolute Gasteiger partial charge is 0.487 e. The lowest BCUT2D eigenvalue weighted by Crippen LogP contribution is -2.24. The van der Waals surface area contributed by atoms with Crippen LogP contribution in [0.15, 0.2) is 97.0 Å². The standard InChI is InChI=1S/C35H28Cl2N6O3/c36-28-4-2-1-3-23(28)21-45-30-7-5-25(18-29(30)37)42-33-24(19-38)20-41-34-27(33)6-8-31(46-26-11-15-40-16-12-26)35(34)43-32(44)17-22-9-13-39-14-10-22/h1-8,11-12,15-18,20,39H,9-10,13-14,21H2,(H,41,42)(H,43,44). The molecule has 1 saturated heterocycles. The van der Waals surface area contributed by atoms with Gasteiger partial charge in [-0.1, -0.05) is 47.0 Å². The van der Waals surface area contributed by atoms with Crippen LogP contribution in [0.4, 0.5) is 17.1 Å². The number of piperidine rings is 1. The van der Waals surface area contributed by atoms with Crippen LogP contribution < -0.4 is 25.4 Å². The molecular weight excluding hydrogens is 623 g/mol. The fourth-order valence-corrected chi connectivity index (χ4v) is 5.48. The van der Waals surface area contributed by atoms with Crippen molar-refractivity contribution in [1.29, 1.82) is 5.26 Å². The Kier molecular flexibility index (Phi) is 9.60. The average molecular weight is 652 g/mol. The number of rotatable bonds is 9. The molecule has 0 unspecified atom stereocenters. The SMILES string of the molecule is N#Cc1cnc2c(NC(=O)C=C3CCNCC3)c(Oc3ccncc3)ccc2c1Nc1ccc(OCc2ccccc2Cl)c(Cl)c1. The minimum atomic E-state index is -0.288. The number of hydrogen-bond acceptors (Lipinski definition) is 8. The Hall–Kier alpha value is -5.14. The predicted molar refractivity (Wildman–Crippen MR) is 180 cm³/mol. The molecule has 1 aliphatic rings. The van der Waals surface area contributed by atoms with E-state index in [4.69, 9.17) is 32.7 Å². The highest BCUT2D eigenvalue weighted by Gasteiger charge is 2.19. The van der Waals surface area contributed by atoms with Crippen LogP contribution in [0.2, 0.25) is 10.0 Å². The first-order chi connectivity index (χ1) is 22.5. The number of fused-ring (bicyclic) bond motifs is 1. The molecule has 5 aromatic rings. The molecular formula is C35H28Cl2N6O3. The lowest BCUT2D eigenvalue weighted by molar-refractivity contribution is -0.112. The number of nitrogens with one attached hydrogen (secondary N) is 3. The molecule has 46 heavy (non-hydrogen) atoms. The molecule has 0 bridgehead atoms. The maximum absolute atomic E-state index is 13.3. The van der Waals surface area contributed by atoms with Crippen molar-refractivity contribution in [1.82, 2.24) is 15.3 Å². The van der Waals surface area contributed by atoms with Crippen LogP contribution in [-0.4, -0.2) is 29.0 Å². The second-order valence-electron chi connectivity index (χ2n) is 10.5. The third-order valence-electron chi connectivity index (χ3n) is 7.37. The molecule has 0 aliphatic carbocycles. The van der Waals surface area contributed by atoms with Crippen LogP contribution in [0.5, 0.6) is 17.2 Å². The van der Waals surface area contributed by atoms with Gasteiger partial charge in [0.15, 0.2) is 5.75 Å². The van der Waals surface area contributed by atoms with Crippen molar-refractivity contribution in [2.75, 3.05) is 23.7 Å². The number of amides is 1. The summed E-state index contributed by atoms with van der Waals surface area (Å²) in [7, 11) is 0. The van der Waals surface area contributed by atoms with Crippen LogP contribution in [0.3, 0.4) is 0 Å². The summed E-state index contributed by atoms with van der Waals surface area (Å²) in [5.74, 6) is 1.13. The predicted octanol–water partition coefficient (Wildman–Crippen LogP) is 8.17. The molecule has 6 rings (SSSR count). The zero-order valence-corrected chi connectivity index (χ0v) is 26.0. The van der Waals surface area contributed by atoms with Crippen LogP contribution in [-0.2, 0) is 11.4 Å². The van der Waals surface area contributed by atoms with E-state index in [1.165, 1.54) is 6.20 Å². The number of halogens is 2. The van der Waals surface area contributed by atoms with E-state index < -0.39 is 0 Å². The Balaban J connectivity index is 1.34. The Morgan fingerprint density at radius 3 is 2.52 bits per heavy atom. The second kappa shape index (κ2) is 14.3. The smallest absolute Gasteiger partial charge is 0.248 e. The van der Waals surface area contributed by atoms with Gasteiger partial charge in [0.2, 0.25) is 5.91 Å². The highest BCUT2D eigenvalue weighted by molar-refractivity contribution is 6.32. The van der Waals surface area contributed by atoms with Gasteiger partial charge in [-0.3, -0.25) is 14.8 Å². The number of aromatic nitrogens is 2. The van der Waals surface area contributed by atoms with E-state index in [0.29, 0.717) is 60.8 Å². The van der Waals surface area contributed by atoms with Gasteiger partial charge in [-0.15, -0.1) is 0 Å². The number of hydrogen-bond donors (Lipinski definition) is 3. The van der Waals surface area contributed by atoms with E-state index in [0.717, 1.165) is 37.1 Å². The fraction of sp³-hybridized carbons (Fsp3) is 0.143. The first kappa shape index (κ1) is 30.9. The molecule has 11 heteroatoms. The van der Waals surface area contributed by atoms with Crippen LogP contribution in [0.1, 0.15) is 24.0 Å². The Morgan fingerprint density at radius 1 is 0.978 bits per heavy atom. The number of nitrogens with zero attached hydrogens (tertiary/aromatic N) is 3.